The SMILES string of the molecule is O=C(O)c1ccc2nc(Cc3c(F)cc(-c4cccc(OCc5ccc(Cl)c6ccoc56)n4)c(F)c3F)n(C[C@@H]3CCO3)c2c1. The summed E-state index contributed by atoms with van der Waals surface area (Å²) >= 11 is 6.20. The molecule has 3 aromatic heterocycles. The molecule has 12 heteroatoms. The number of imidazole rings is 1. The van der Waals surface area contributed by atoms with E-state index >= 15 is 13.2 Å². The summed E-state index contributed by atoms with van der Waals surface area (Å²) in [5.41, 5.74) is 1.31. The van der Waals surface area contributed by atoms with Gasteiger partial charge in [-0.15, -0.1) is 0 Å². The molecule has 3 aromatic carbocycles. The maximum absolute atomic E-state index is 15.6. The van der Waals surface area contributed by atoms with E-state index < -0.39 is 29.0 Å². The highest BCUT2D eigenvalue weighted by atomic mass is 35.5. The maximum Gasteiger partial charge on any atom is 0.335 e. The van der Waals surface area contributed by atoms with Crippen molar-refractivity contribution in [2.45, 2.75) is 32.1 Å². The van der Waals surface area contributed by atoms with E-state index in [1.54, 1.807) is 34.9 Å². The van der Waals surface area contributed by atoms with Gasteiger partial charge in [0.25, 0.3) is 0 Å². The third-order valence-electron chi connectivity index (χ3n) is 7.86. The Morgan fingerprint density at radius 1 is 1.07 bits per heavy atom. The number of fused-ring (bicyclic) bond motifs is 2. The molecule has 45 heavy (non-hydrogen) atoms. The fourth-order valence-corrected chi connectivity index (χ4v) is 5.62. The number of aromatic nitrogens is 3. The lowest BCUT2D eigenvalue weighted by Crippen LogP contribution is -2.31. The van der Waals surface area contributed by atoms with E-state index in [-0.39, 0.29) is 47.7 Å². The first-order chi connectivity index (χ1) is 21.8. The molecule has 1 N–H and O–H groups in total. The molecule has 1 aliphatic rings. The minimum Gasteiger partial charge on any atom is -0.478 e. The van der Waals surface area contributed by atoms with Crippen LogP contribution in [0.15, 0.2) is 71.3 Å². The maximum atomic E-state index is 15.6. The number of hydrogen-bond donors (Lipinski definition) is 1. The highest BCUT2D eigenvalue weighted by Crippen LogP contribution is 2.32. The van der Waals surface area contributed by atoms with Gasteiger partial charge in [-0.2, -0.15) is 0 Å². The highest BCUT2D eigenvalue weighted by molar-refractivity contribution is 6.35. The Hall–Kier alpha value is -4.87. The van der Waals surface area contributed by atoms with Gasteiger partial charge < -0.3 is 23.6 Å². The molecule has 1 atom stereocenters. The van der Waals surface area contributed by atoms with Crippen molar-refractivity contribution < 1.29 is 37.0 Å². The number of furan rings is 1. The van der Waals surface area contributed by atoms with Gasteiger partial charge in [-0.3, -0.25) is 0 Å². The molecule has 1 aliphatic heterocycles. The second-order valence-corrected chi connectivity index (χ2v) is 11.0. The fraction of sp³-hybridized carbons (Fsp3) is 0.182. The summed E-state index contributed by atoms with van der Waals surface area (Å²) in [6.45, 7) is 0.942. The smallest absolute Gasteiger partial charge is 0.335 e. The van der Waals surface area contributed by atoms with Crippen LogP contribution in [0.5, 0.6) is 5.88 Å². The predicted octanol–water partition coefficient (Wildman–Crippen LogP) is 7.57. The van der Waals surface area contributed by atoms with Crippen molar-refractivity contribution in [3.8, 4) is 17.1 Å². The molecule has 4 heterocycles. The normalized spacial score (nSPS) is 14.6. The van der Waals surface area contributed by atoms with E-state index in [1.165, 1.54) is 30.5 Å². The molecule has 0 saturated carbocycles. The van der Waals surface area contributed by atoms with Gasteiger partial charge in [-0.1, -0.05) is 23.7 Å². The quantitative estimate of drug-likeness (QED) is 0.164. The van der Waals surface area contributed by atoms with E-state index in [2.05, 4.69) is 9.97 Å². The number of ether oxygens (including phenoxy) is 2. The van der Waals surface area contributed by atoms with Crippen LogP contribution in [-0.2, 0) is 24.3 Å². The second-order valence-electron chi connectivity index (χ2n) is 10.6. The molecule has 0 amide bonds. The third-order valence-corrected chi connectivity index (χ3v) is 8.19. The van der Waals surface area contributed by atoms with Crippen LogP contribution in [-0.4, -0.2) is 38.3 Å². The molecule has 0 unspecified atom stereocenters. The van der Waals surface area contributed by atoms with E-state index in [0.717, 1.165) is 17.9 Å². The standard InChI is InChI=1S/C33H23ClF3N3O5/c34-23-6-4-18(32-20(23)9-11-44-32)16-45-29-3-1-2-25(39-29)22-13-24(35)21(30(36)31(22)37)14-28-38-26-7-5-17(33(41)42)12-27(26)40(28)15-19-8-10-43-19/h1-7,9,11-13,19H,8,10,14-16H2,(H,41,42)/t19-/m0/s1. The molecular weight excluding hydrogens is 611 g/mol. The first-order valence-corrected chi connectivity index (χ1v) is 14.4. The predicted molar refractivity (Wildman–Crippen MR) is 159 cm³/mol. The lowest BCUT2D eigenvalue weighted by Gasteiger charge is -2.27. The van der Waals surface area contributed by atoms with Crippen LogP contribution in [0, 0.1) is 17.5 Å². The van der Waals surface area contributed by atoms with E-state index in [4.69, 9.17) is 25.5 Å². The molecular formula is C33H23ClF3N3O5. The molecule has 0 spiro atoms. The average Bonchev–Trinajstić information content (AvgIpc) is 3.64. The summed E-state index contributed by atoms with van der Waals surface area (Å²) in [5, 5.41) is 10.7. The van der Waals surface area contributed by atoms with Gasteiger partial charge >= 0.3 is 5.97 Å². The molecule has 228 valence electrons. The zero-order chi connectivity index (χ0) is 31.2. The van der Waals surface area contributed by atoms with Crippen LogP contribution < -0.4 is 4.74 Å². The van der Waals surface area contributed by atoms with Gasteiger partial charge in [0, 0.05) is 41.2 Å². The molecule has 6 aromatic rings. The molecule has 0 aliphatic carbocycles. The summed E-state index contributed by atoms with van der Waals surface area (Å²) in [7, 11) is 0. The summed E-state index contributed by atoms with van der Waals surface area (Å²) < 4.78 is 65.2. The third kappa shape index (κ3) is 5.38. The van der Waals surface area contributed by atoms with Crippen molar-refractivity contribution in [2.75, 3.05) is 6.61 Å². The minimum absolute atomic E-state index is 0.0239. The largest absolute Gasteiger partial charge is 0.478 e. The summed E-state index contributed by atoms with van der Waals surface area (Å²) in [6, 6.07) is 15.0. The Morgan fingerprint density at radius 2 is 1.91 bits per heavy atom. The number of aromatic carboxylic acids is 1. The lowest BCUT2D eigenvalue weighted by molar-refractivity contribution is -0.0589. The Labute approximate surface area is 258 Å². The van der Waals surface area contributed by atoms with Gasteiger partial charge in [0.1, 0.15) is 23.8 Å². The molecule has 8 nitrogen and oxygen atoms in total. The number of pyridine rings is 1. The number of hydrogen-bond acceptors (Lipinski definition) is 6. The van der Waals surface area contributed by atoms with Crippen molar-refractivity contribution in [1.82, 2.24) is 14.5 Å². The zero-order valence-electron chi connectivity index (χ0n) is 23.4. The monoisotopic (exact) mass is 633 g/mol. The van der Waals surface area contributed by atoms with Crippen LogP contribution in [0.2, 0.25) is 5.02 Å². The zero-order valence-corrected chi connectivity index (χ0v) is 24.2. The number of halogens is 4. The van der Waals surface area contributed by atoms with E-state index in [1.807, 2.05) is 0 Å². The van der Waals surface area contributed by atoms with Crippen molar-refractivity contribution in [1.29, 1.82) is 0 Å². The molecule has 1 saturated heterocycles. The number of nitrogens with zero attached hydrogens (tertiary/aromatic N) is 3. The number of carboxylic acids is 1. The second kappa shape index (κ2) is 11.6. The van der Waals surface area contributed by atoms with Crippen LogP contribution in [0.4, 0.5) is 13.2 Å². The number of carbonyl (C=O) groups is 1. The first kappa shape index (κ1) is 28.9. The van der Waals surface area contributed by atoms with Crippen molar-refractivity contribution in [3.63, 3.8) is 0 Å². The Kier molecular flexibility index (Phi) is 7.42. The number of benzene rings is 3. The summed E-state index contributed by atoms with van der Waals surface area (Å²) in [6.07, 6.45) is 1.75. The van der Waals surface area contributed by atoms with Crippen LogP contribution >= 0.6 is 11.6 Å². The van der Waals surface area contributed by atoms with E-state index in [9.17, 15) is 9.90 Å². The van der Waals surface area contributed by atoms with E-state index in [0.29, 0.717) is 40.4 Å². The van der Waals surface area contributed by atoms with Crippen molar-refractivity contribution in [2.24, 2.45) is 0 Å². The van der Waals surface area contributed by atoms with Gasteiger partial charge in [0.05, 0.1) is 46.2 Å². The van der Waals surface area contributed by atoms with Crippen molar-refractivity contribution >= 4 is 39.6 Å². The molecule has 0 radical (unpaired) electrons. The molecule has 1 fully saturated rings. The van der Waals surface area contributed by atoms with Gasteiger partial charge in [-0.05, 0) is 48.9 Å². The number of rotatable bonds is 9. The number of carboxylic acid groups (broad SMARTS) is 1. The Balaban J connectivity index is 1.18. The molecule has 0 bridgehead atoms. The lowest BCUT2D eigenvalue weighted by atomic mass is 10.0. The minimum atomic E-state index is -1.37. The summed E-state index contributed by atoms with van der Waals surface area (Å²) in [4.78, 5) is 20.4. The topological polar surface area (TPSA) is 99.6 Å². The first-order valence-electron chi connectivity index (χ1n) is 14.0. The Bertz CT molecular complexity index is 2110. The van der Waals surface area contributed by atoms with Gasteiger partial charge in [0.2, 0.25) is 5.88 Å². The summed E-state index contributed by atoms with van der Waals surface area (Å²) in [5.74, 6) is -4.39. The Morgan fingerprint density at radius 3 is 2.69 bits per heavy atom. The van der Waals surface area contributed by atoms with Crippen LogP contribution in [0.1, 0.15) is 33.7 Å². The van der Waals surface area contributed by atoms with Gasteiger partial charge in [-0.25, -0.2) is 27.9 Å². The highest BCUT2D eigenvalue weighted by Gasteiger charge is 2.26. The van der Waals surface area contributed by atoms with Crippen LogP contribution in [0.25, 0.3) is 33.3 Å². The van der Waals surface area contributed by atoms with Gasteiger partial charge in [0.15, 0.2) is 11.6 Å². The van der Waals surface area contributed by atoms with Crippen molar-refractivity contribution in [3.05, 3.63) is 112 Å². The van der Waals surface area contributed by atoms with Crippen LogP contribution in [0.3, 0.4) is 0 Å². The fourth-order valence-electron chi connectivity index (χ4n) is 5.41. The average molecular weight is 634 g/mol. The molecule has 7 rings (SSSR count).